The third-order valence-electron chi connectivity index (χ3n) is 4.51. The Morgan fingerprint density at radius 2 is 1.75 bits per heavy atom. The number of aryl methyl sites for hydroxylation is 1. The molecule has 1 aliphatic carbocycles. The van der Waals surface area contributed by atoms with E-state index in [4.69, 9.17) is 4.98 Å². The van der Waals surface area contributed by atoms with Crippen molar-refractivity contribution in [2.24, 2.45) is 0 Å². The smallest absolute Gasteiger partial charge is 0.255 e. The number of fused-ring (bicyclic) bond motifs is 2. The minimum absolute atomic E-state index is 0.223. The largest absolute Gasteiger partial charge is 0.321 e. The van der Waals surface area contributed by atoms with E-state index in [0.29, 0.717) is 5.56 Å². The molecular formula is C20H17FN2O. The van der Waals surface area contributed by atoms with Gasteiger partial charge in [-0.1, -0.05) is 18.2 Å². The van der Waals surface area contributed by atoms with E-state index in [1.165, 1.54) is 24.3 Å². The van der Waals surface area contributed by atoms with Crippen LogP contribution in [0.1, 0.15) is 34.5 Å². The first-order chi connectivity index (χ1) is 11.7. The summed E-state index contributed by atoms with van der Waals surface area (Å²) in [6.07, 6.45) is 4.10. The molecular weight excluding hydrogens is 303 g/mol. The number of amides is 1. The van der Waals surface area contributed by atoms with Gasteiger partial charge in [-0.05, 0) is 61.6 Å². The van der Waals surface area contributed by atoms with Crippen LogP contribution in [0.2, 0.25) is 0 Å². The Labute approximate surface area is 139 Å². The molecule has 1 heterocycles. The van der Waals surface area contributed by atoms with Gasteiger partial charge in [-0.15, -0.1) is 0 Å². The monoisotopic (exact) mass is 320 g/mol. The molecule has 1 N–H and O–H groups in total. The normalized spacial score (nSPS) is 13.5. The highest BCUT2D eigenvalue weighted by molar-refractivity contribution is 6.09. The highest BCUT2D eigenvalue weighted by atomic mass is 19.1. The maximum atomic E-state index is 13.1. The second-order valence-electron chi connectivity index (χ2n) is 6.10. The molecule has 0 radical (unpaired) electrons. The number of carbonyl (C=O) groups excluding carboxylic acids is 1. The molecule has 0 fully saturated rings. The highest BCUT2D eigenvalue weighted by Gasteiger charge is 2.19. The lowest BCUT2D eigenvalue weighted by atomic mass is 9.92. The zero-order valence-corrected chi connectivity index (χ0v) is 13.2. The zero-order chi connectivity index (χ0) is 16.5. The summed E-state index contributed by atoms with van der Waals surface area (Å²) in [5.41, 5.74) is 4.41. The summed E-state index contributed by atoms with van der Waals surface area (Å²) in [6, 6.07) is 13.5. The first-order valence-electron chi connectivity index (χ1n) is 8.20. The van der Waals surface area contributed by atoms with Crippen LogP contribution in [0.5, 0.6) is 0 Å². The number of benzene rings is 2. The zero-order valence-electron chi connectivity index (χ0n) is 13.2. The number of pyridine rings is 1. The van der Waals surface area contributed by atoms with Crippen LogP contribution in [-0.2, 0) is 12.8 Å². The fourth-order valence-corrected chi connectivity index (χ4v) is 3.30. The van der Waals surface area contributed by atoms with Crippen LogP contribution < -0.4 is 5.32 Å². The summed E-state index contributed by atoms with van der Waals surface area (Å²) in [7, 11) is 0. The molecule has 120 valence electrons. The van der Waals surface area contributed by atoms with Crippen molar-refractivity contribution in [1.29, 1.82) is 0 Å². The van der Waals surface area contributed by atoms with E-state index in [-0.39, 0.29) is 11.7 Å². The number of aromatic nitrogens is 1. The molecule has 1 aliphatic rings. The molecule has 2 aromatic carbocycles. The van der Waals surface area contributed by atoms with Gasteiger partial charge in [0.2, 0.25) is 0 Å². The summed E-state index contributed by atoms with van der Waals surface area (Å²) in [5.74, 6) is -0.572. The van der Waals surface area contributed by atoms with Gasteiger partial charge in [-0.2, -0.15) is 0 Å². The Hall–Kier alpha value is -2.75. The van der Waals surface area contributed by atoms with E-state index in [0.717, 1.165) is 53.5 Å². The number of rotatable bonds is 2. The number of hydrogen-bond acceptors (Lipinski definition) is 2. The lowest BCUT2D eigenvalue weighted by Gasteiger charge is -2.21. The van der Waals surface area contributed by atoms with Crippen LogP contribution in [0.3, 0.4) is 0 Å². The van der Waals surface area contributed by atoms with Gasteiger partial charge in [-0.3, -0.25) is 9.78 Å². The van der Waals surface area contributed by atoms with Crippen molar-refractivity contribution in [1.82, 2.24) is 4.98 Å². The Morgan fingerprint density at radius 1 is 1.00 bits per heavy atom. The number of para-hydroxylation sites is 1. The lowest BCUT2D eigenvalue weighted by molar-refractivity contribution is 0.102. The van der Waals surface area contributed by atoms with Gasteiger partial charge in [0.1, 0.15) is 5.82 Å². The minimum atomic E-state index is -0.349. The summed E-state index contributed by atoms with van der Waals surface area (Å²) >= 11 is 0. The van der Waals surface area contributed by atoms with Gasteiger partial charge in [0.15, 0.2) is 0 Å². The van der Waals surface area contributed by atoms with Gasteiger partial charge < -0.3 is 5.32 Å². The molecule has 1 amide bonds. The van der Waals surface area contributed by atoms with Gasteiger partial charge >= 0.3 is 0 Å². The molecule has 0 saturated heterocycles. The van der Waals surface area contributed by atoms with E-state index in [1.807, 2.05) is 24.3 Å². The number of halogens is 1. The van der Waals surface area contributed by atoms with Crippen LogP contribution >= 0.6 is 0 Å². The highest BCUT2D eigenvalue weighted by Crippen LogP contribution is 2.33. The Kier molecular flexibility index (Phi) is 3.73. The Balaban J connectivity index is 1.80. The predicted octanol–water partition coefficient (Wildman–Crippen LogP) is 4.51. The fraction of sp³-hybridized carbons (Fsp3) is 0.200. The van der Waals surface area contributed by atoms with Crippen molar-refractivity contribution in [2.45, 2.75) is 25.7 Å². The third-order valence-corrected chi connectivity index (χ3v) is 4.51. The van der Waals surface area contributed by atoms with Gasteiger partial charge in [0.25, 0.3) is 5.91 Å². The van der Waals surface area contributed by atoms with Crippen molar-refractivity contribution in [3.63, 3.8) is 0 Å². The van der Waals surface area contributed by atoms with Crippen molar-refractivity contribution in [2.75, 3.05) is 5.32 Å². The van der Waals surface area contributed by atoms with Crippen LogP contribution in [0, 0.1) is 5.82 Å². The maximum absolute atomic E-state index is 13.1. The predicted molar refractivity (Wildman–Crippen MR) is 92.7 cm³/mol. The molecule has 4 heteroatoms. The second-order valence-corrected chi connectivity index (χ2v) is 6.10. The molecule has 0 aliphatic heterocycles. The Morgan fingerprint density at radius 3 is 2.58 bits per heavy atom. The molecule has 0 atom stereocenters. The number of hydrogen-bond donors (Lipinski definition) is 1. The standard InChI is InChI=1S/C20H17FN2O/c21-14-11-9-13(10-12-14)20(24)23-19-15-5-1-3-7-17(15)22-18-8-4-2-6-16(18)19/h1,3,5,7,9-12H,2,4,6,8H2,(H,22,23,24). The van der Waals surface area contributed by atoms with E-state index in [1.54, 1.807) is 0 Å². The number of nitrogens with one attached hydrogen (secondary N) is 1. The van der Waals surface area contributed by atoms with Crippen LogP contribution in [0.4, 0.5) is 10.1 Å². The van der Waals surface area contributed by atoms with E-state index in [2.05, 4.69) is 5.32 Å². The quantitative estimate of drug-likeness (QED) is 0.755. The molecule has 4 rings (SSSR count). The van der Waals surface area contributed by atoms with Gasteiger partial charge in [-0.25, -0.2) is 4.39 Å². The minimum Gasteiger partial charge on any atom is -0.321 e. The van der Waals surface area contributed by atoms with Crippen molar-refractivity contribution in [3.05, 3.63) is 71.2 Å². The maximum Gasteiger partial charge on any atom is 0.255 e. The topological polar surface area (TPSA) is 42.0 Å². The second kappa shape index (κ2) is 6.04. The Bertz CT molecular complexity index is 919. The molecule has 0 bridgehead atoms. The number of anilines is 1. The third kappa shape index (κ3) is 2.64. The average molecular weight is 320 g/mol. The van der Waals surface area contributed by atoms with Crippen LogP contribution in [-0.4, -0.2) is 10.9 Å². The summed E-state index contributed by atoms with van der Waals surface area (Å²) in [6.45, 7) is 0. The van der Waals surface area contributed by atoms with E-state index >= 15 is 0 Å². The first-order valence-corrected chi connectivity index (χ1v) is 8.20. The molecule has 0 spiro atoms. The van der Waals surface area contributed by atoms with Crippen molar-refractivity contribution in [3.8, 4) is 0 Å². The van der Waals surface area contributed by atoms with E-state index in [9.17, 15) is 9.18 Å². The molecule has 3 nitrogen and oxygen atoms in total. The molecule has 0 unspecified atom stereocenters. The molecule has 3 aromatic rings. The van der Waals surface area contributed by atoms with Crippen LogP contribution in [0.15, 0.2) is 48.5 Å². The average Bonchev–Trinajstić information content (AvgIpc) is 2.62. The first kappa shape index (κ1) is 14.8. The number of nitrogens with zero attached hydrogens (tertiary/aromatic N) is 1. The number of carbonyl (C=O) groups is 1. The summed E-state index contributed by atoms with van der Waals surface area (Å²) in [4.78, 5) is 17.4. The van der Waals surface area contributed by atoms with Crippen LogP contribution in [0.25, 0.3) is 10.9 Å². The summed E-state index contributed by atoms with van der Waals surface area (Å²) in [5, 5.41) is 4.00. The van der Waals surface area contributed by atoms with E-state index < -0.39 is 0 Å². The molecule has 0 saturated carbocycles. The van der Waals surface area contributed by atoms with Crippen molar-refractivity contribution >= 4 is 22.5 Å². The molecule has 1 aromatic heterocycles. The molecule has 24 heavy (non-hydrogen) atoms. The van der Waals surface area contributed by atoms with Crippen molar-refractivity contribution < 1.29 is 9.18 Å². The van der Waals surface area contributed by atoms with Gasteiger partial charge in [0.05, 0.1) is 11.2 Å². The summed E-state index contributed by atoms with van der Waals surface area (Å²) < 4.78 is 13.1. The van der Waals surface area contributed by atoms with Gasteiger partial charge in [0, 0.05) is 16.6 Å². The lowest BCUT2D eigenvalue weighted by Crippen LogP contribution is -2.17. The SMILES string of the molecule is O=C(Nc1c2c(nc3ccccc13)CCCC2)c1ccc(F)cc1. The fourth-order valence-electron chi connectivity index (χ4n) is 3.30.